The Labute approximate surface area is 208 Å². The number of carbonyl (C=O) groups is 2. The molecular weight excluding hydrogens is 467 g/mol. The fourth-order valence-electron chi connectivity index (χ4n) is 4.05. The standard InChI is InChI=1S/C26H31FN4O5/c1-16(2)24-22(11-10-20(32)13-21(33)14-23(34)35)31(19-8-6-17(27)7-9-19)30-25(24)26(36)29-15-18-5-3-4-12-28-18/h3-9,12,16,20-21,32-33H,10-11,13-15H2,1-2H3,(H,29,36)(H,34,35). The summed E-state index contributed by atoms with van der Waals surface area (Å²) < 4.78 is 15.1. The number of carboxylic acids is 1. The molecule has 0 aliphatic heterocycles. The van der Waals surface area contributed by atoms with Crippen LogP contribution in [0.3, 0.4) is 0 Å². The maximum atomic E-state index is 13.6. The smallest absolute Gasteiger partial charge is 0.305 e. The van der Waals surface area contributed by atoms with Gasteiger partial charge in [0.1, 0.15) is 5.82 Å². The van der Waals surface area contributed by atoms with Gasteiger partial charge in [0.25, 0.3) is 5.91 Å². The molecule has 0 radical (unpaired) electrons. The van der Waals surface area contributed by atoms with Crippen molar-refractivity contribution < 1.29 is 29.3 Å². The summed E-state index contributed by atoms with van der Waals surface area (Å²) in [6.45, 7) is 4.08. The molecule has 9 nitrogen and oxygen atoms in total. The summed E-state index contributed by atoms with van der Waals surface area (Å²) in [5.74, 6) is -2.04. The maximum Gasteiger partial charge on any atom is 0.305 e. The molecule has 2 aromatic heterocycles. The molecule has 0 saturated heterocycles. The zero-order valence-corrected chi connectivity index (χ0v) is 20.3. The van der Waals surface area contributed by atoms with Gasteiger partial charge in [0.15, 0.2) is 5.69 Å². The monoisotopic (exact) mass is 498 g/mol. The van der Waals surface area contributed by atoms with Crippen LogP contribution in [0.15, 0.2) is 48.7 Å². The lowest BCUT2D eigenvalue weighted by Gasteiger charge is -2.16. The van der Waals surface area contributed by atoms with Gasteiger partial charge < -0.3 is 20.6 Å². The lowest BCUT2D eigenvalue weighted by molar-refractivity contribution is -0.139. The summed E-state index contributed by atoms with van der Waals surface area (Å²) >= 11 is 0. The van der Waals surface area contributed by atoms with Gasteiger partial charge in [0, 0.05) is 17.5 Å². The second-order valence-corrected chi connectivity index (χ2v) is 8.94. The van der Waals surface area contributed by atoms with Crippen molar-refractivity contribution in [2.24, 2.45) is 0 Å². The van der Waals surface area contributed by atoms with E-state index < -0.39 is 30.4 Å². The SMILES string of the molecule is CC(C)c1c(C(=O)NCc2ccccn2)nn(-c2ccc(F)cc2)c1CCC(O)CC(O)CC(=O)O. The number of pyridine rings is 1. The van der Waals surface area contributed by atoms with Crippen LogP contribution in [0, 0.1) is 5.82 Å². The molecule has 0 aliphatic rings. The molecule has 192 valence electrons. The van der Waals surface area contributed by atoms with Gasteiger partial charge in [-0.1, -0.05) is 19.9 Å². The normalized spacial score (nSPS) is 12.9. The molecule has 0 saturated carbocycles. The number of rotatable bonds is 12. The summed E-state index contributed by atoms with van der Waals surface area (Å²) in [6.07, 6.45) is -0.533. The van der Waals surface area contributed by atoms with Crippen LogP contribution >= 0.6 is 0 Å². The number of hydrogen-bond donors (Lipinski definition) is 4. The molecule has 0 spiro atoms. The molecule has 36 heavy (non-hydrogen) atoms. The molecule has 3 rings (SSSR count). The highest BCUT2D eigenvalue weighted by Crippen LogP contribution is 2.28. The van der Waals surface area contributed by atoms with Crippen molar-refractivity contribution in [3.8, 4) is 5.69 Å². The Morgan fingerprint density at radius 1 is 1.08 bits per heavy atom. The summed E-state index contributed by atoms with van der Waals surface area (Å²) in [5, 5.41) is 36.5. The van der Waals surface area contributed by atoms with Gasteiger partial charge in [-0.05, 0) is 61.6 Å². The number of nitrogens with zero attached hydrogens (tertiary/aromatic N) is 3. The molecule has 0 fully saturated rings. The number of carboxylic acid groups (broad SMARTS) is 1. The Hall–Kier alpha value is -3.63. The Morgan fingerprint density at radius 2 is 1.81 bits per heavy atom. The molecular formula is C26H31FN4O5. The molecule has 1 amide bonds. The topological polar surface area (TPSA) is 138 Å². The van der Waals surface area contributed by atoms with E-state index in [9.17, 15) is 24.2 Å². The molecule has 3 aromatic rings. The first kappa shape index (κ1) is 27.0. The number of carbonyl (C=O) groups excluding carboxylic acids is 1. The van der Waals surface area contributed by atoms with Crippen LogP contribution in [0.25, 0.3) is 5.69 Å². The molecule has 2 unspecified atom stereocenters. The fourth-order valence-corrected chi connectivity index (χ4v) is 4.05. The van der Waals surface area contributed by atoms with Crippen LogP contribution in [-0.4, -0.2) is 54.2 Å². The van der Waals surface area contributed by atoms with Crippen LogP contribution in [0.4, 0.5) is 4.39 Å². The van der Waals surface area contributed by atoms with Crippen molar-refractivity contribution in [2.75, 3.05) is 0 Å². The zero-order valence-electron chi connectivity index (χ0n) is 20.3. The second-order valence-electron chi connectivity index (χ2n) is 8.94. The quantitative estimate of drug-likeness (QED) is 0.301. The average Bonchev–Trinajstić information content (AvgIpc) is 3.21. The number of benzene rings is 1. The summed E-state index contributed by atoms with van der Waals surface area (Å²) in [5.41, 5.74) is 2.83. The molecule has 2 atom stereocenters. The number of aliphatic hydroxyl groups excluding tert-OH is 2. The lowest BCUT2D eigenvalue weighted by atomic mass is 9.95. The van der Waals surface area contributed by atoms with Crippen LogP contribution in [-0.2, 0) is 17.8 Å². The Morgan fingerprint density at radius 3 is 2.42 bits per heavy atom. The summed E-state index contributed by atoms with van der Waals surface area (Å²) in [6, 6.07) is 11.1. The van der Waals surface area contributed by atoms with Crippen molar-refractivity contribution in [2.45, 2.75) is 64.2 Å². The average molecular weight is 499 g/mol. The zero-order chi connectivity index (χ0) is 26.2. The number of aliphatic hydroxyl groups is 2. The Balaban J connectivity index is 1.90. The molecule has 1 aromatic carbocycles. The van der Waals surface area contributed by atoms with Gasteiger partial charge in [-0.15, -0.1) is 0 Å². The van der Waals surface area contributed by atoms with E-state index in [-0.39, 0.29) is 36.9 Å². The number of amides is 1. The first-order chi connectivity index (χ1) is 17.2. The van der Waals surface area contributed by atoms with E-state index in [1.54, 1.807) is 35.1 Å². The fraction of sp³-hybridized carbons (Fsp3) is 0.385. The van der Waals surface area contributed by atoms with E-state index in [1.807, 2.05) is 19.9 Å². The van der Waals surface area contributed by atoms with E-state index in [0.717, 1.165) is 0 Å². The van der Waals surface area contributed by atoms with Crippen molar-refractivity contribution in [1.29, 1.82) is 0 Å². The Kier molecular flexibility index (Phi) is 9.26. The highest BCUT2D eigenvalue weighted by atomic mass is 19.1. The summed E-state index contributed by atoms with van der Waals surface area (Å²) in [7, 11) is 0. The van der Waals surface area contributed by atoms with Crippen LogP contribution in [0.5, 0.6) is 0 Å². The third-order valence-corrected chi connectivity index (χ3v) is 5.71. The van der Waals surface area contributed by atoms with Crippen molar-refractivity contribution in [3.05, 3.63) is 77.1 Å². The number of nitrogens with one attached hydrogen (secondary N) is 1. The van der Waals surface area contributed by atoms with Crippen molar-refractivity contribution >= 4 is 11.9 Å². The Bertz CT molecular complexity index is 1170. The van der Waals surface area contributed by atoms with Crippen LogP contribution < -0.4 is 5.32 Å². The van der Waals surface area contributed by atoms with Gasteiger partial charge in [-0.3, -0.25) is 14.6 Å². The van der Waals surface area contributed by atoms with Gasteiger partial charge in [0.2, 0.25) is 0 Å². The molecule has 10 heteroatoms. The number of hydrogen-bond acceptors (Lipinski definition) is 6. The van der Waals surface area contributed by atoms with E-state index in [1.165, 1.54) is 12.1 Å². The molecule has 0 aliphatic carbocycles. The van der Waals surface area contributed by atoms with Crippen LogP contribution in [0.1, 0.15) is 66.5 Å². The number of halogens is 1. The molecule has 0 bridgehead atoms. The summed E-state index contributed by atoms with van der Waals surface area (Å²) in [4.78, 5) is 28.2. The minimum absolute atomic E-state index is 0.0918. The van der Waals surface area contributed by atoms with Gasteiger partial charge in [-0.2, -0.15) is 5.10 Å². The third-order valence-electron chi connectivity index (χ3n) is 5.71. The van der Waals surface area contributed by atoms with Crippen LogP contribution in [0.2, 0.25) is 0 Å². The van der Waals surface area contributed by atoms with Gasteiger partial charge >= 0.3 is 5.97 Å². The molecule has 2 heterocycles. The van der Waals surface area contributed by atoms with E-state index in [2.05, 4.69) is 15.4 Å². The maximum absolute atomic E-state index is 13.6. The minimum atomic E-state index is -1.17. The predicted octanol–water partition coefficient (Wildman–Crippen LogP) is 2.98. The highest BCUT2D eigenvalue weighted by Gasteiger charge is 2.26. The van der Waals surface area contributed by atoms with Crippen molar-refractivity contribution in [1.82, 2.24) is 20.1 Å². The largest absolute Gasteiger partial charge is 0.481 e. The van der Waals surface area contributed by atoms with E-state index >= 15 is 0 Å². The second kappa shape index (κ2) is 12.4. The van der Waals surface area contributed by atoms with Crippen molar-refractivity contribution in [3.63, 3.8) is 0 Å². The van der Waals surface area contributed by atoms with Gasteiger partial charge in [0.05, 0.1) is 36.6 Å². The number of aliphatic carboxylic acids is 1. The number of aromatic nitrogens is 3. The van der Waals surface area contributed by atoms with E-state index in [0.29, 0.717) is 29.1 Å². The highest BCUT2D eigenvalue weighted by molar-refractivity contribution is 5.94. The predicted molar refractivity (Wildman–Crippen MR) is 130 cm³/mol. The third kappa shape index (κ3) is 7.19. The van der Waals surface area contributed by atoms with Gasteiger partial charge in [-0.25, -0.2) is 9.07 Å². The van der Waals surface area contributed by atoms with E-state index in [4.69, 9.17) is 5.11 Å². The molecule has 4 N–H and O–H groups in total. The lowest BCUT2D eigenvalue weighted by Crippen LogP contribution is -2.25. The first-order valence-corrected chi connectivity index (χ1v) is 11.8. The minimum Gasteiger partial charge on any atom is -0.481 e. The first-order valence-electron chi connectivity index (χ1n) is 11.8.